The molecule has 1 heterocycles. The highest BCUT2D eigenvalue weighted by Crippen LogP contribution is 2.21. The SMILES string of the molecule is Cc1cc(Cl)ccc1NCC1CCCN1C. The van der Waals surface area contributed by atoms with Crippen LogP contribution in [-0.2, 0) is 0 Å². The van der Waals surface area contributed by atoms with Gasteiger partial charge in [-0.2, -0.15) is 0 Å². The van der Waals surface area contributed by atoms with E-state index in [1.165, 1.54) is 30.6 Å². The van der Waals surface area contributed by atoms with Crippen molar-refractivity contribution in [1.82, 2.24) is 4.90 Å². The molecule has 0 radical (unpaired) electrons. The standard InChI is InChI=1S/C13H19ClN2/c1-10-8-11(14)5-6-13(10)15-9-12-4-3-7-16(12)2/h5-6,8,12,15H,3-4,7,9H2,1-2H3. The molecule has 1 atom stereocenters. The molecule has 1 unspecified atom stereocenters. The smallest absolute Gasteiger partial charge is 0.0410 e. The summed E-state index contributed by atoms with van der Waals surface area (Å²) in [5, 5.41) is 4.32. The highest BCUT2D eigenvalue weighted by atomic mass is 35.5. The minimum Gasteiger partial charge on any atom is -0.383 e. The first-order chi connectivity index (χ1) is 7.66. The van der Waals surface area contributed by atoms with E-state index in [1.54, 1.807) is 0 Å². The van der Waals surface area contributed by atoms with E-state index in [0.29, 0.717) is 6.04 Å². The molecule has 0 bridgehead atoms. The Morgan fingerprint density at radius 3 is 2.94 bits per heavy atom. The number of aryl methyl sites for hydroxylation is 1. The number of halogens is 1. The van der Waals surface area contributed by atoms with Crippen LogP contribution in [0.3, 0.4) is 0 Å². The van der Waals surface area contributed by atoms with E-state index in [-0.39, 0.29) is 0 Å². The molecular formula is C13H19ClN2. The summed E-state index contributed by atoms with van der Waals surface area (Å²) in [5.41, 5.74) is 2.41. The van der Waals surface area contributed by atoms with Gasteiger partial charge >= 0.3 is 0 Å². The predicted molar refractivity (Wildman–Crippen MR) is 70.3 cm³/mol. The molecule has 0 aliphatic carbocycles. The minimum atomic E-state index is 0.676. The van der Waals surface area contributed by atoms with Crippen LogP contribution in [0.15, 0.2) is 18.2 Å². The zero-order valence-corrected chi connectivity index (χ0v) is 10.7. The van der Waals surface area contributed by atoms with Crippen LogP contribution in [0.2, 0.25) is 5.02 Å². The first kappa shape index (κ1) is 11.7. The molecule has 1 fully saturated rings. The van der Waals surface area contributed by atoms with Gasteiger partial charge in [-0.25, -0.2) is 0 Å². The summed E-state index contributed by atoms with van der Waals surface area (Å²) in [6.45, 7) is 4.34. The first-order valence-corrected chi connectivity index (χ1v) is 6.25. The number of hydrogen-bond donors (Lipinski definition) is 1. The molecule has 0 aromatic heterocycles. The van der Waals surface area contributed by atoms with Gasteiger partial charge in [0.2, 0.25) is 0 Å². The second kappa shape index (κ2) is 5.07. The van der Waals surface area contributed by atoms with Crippen molar-refractivity contribution in [3.8, 4) is 0 Å². The highest BCUT2D eigenvalue weighted by Gasteiger charge is 2.20. The van der Waals surface area contributed by atoms with E-state index in [4.69, 9.17) is 11.6 Å². The summed E-state index contributed by atoms with van der Waals surface area (Å²) >= 11 is 5.93. The molecule has 1 aromatic carbocycles. The summed E-state index contributed by atoms with van der Waals surface area (Å²) in [7, 11) is 2.20. The van der Waals surface area contributed by atoms with E-state index in [9.17, 15) is 0 Å². The number of rotatable bonds is 3. The van der Waals surface area contributed by atoms with Gasteiger partial charge in [-0.1, -0.05) is 11.6 Å². The molecule has 1 N–H and O–H groups in total. The molecule has 1 aliphatic heterocycles. The van der Waals surface area contributed by atoms with Crippen molar-refractivity contribution >= 4 is 17.3 Å². The Labute approximate surface area is 103 Å². The van der Waals surface area contributed by atoms with Gasteiger partial charge in [-0.05, 0) is 57.1 Å². The van der Waals surface area contributed by atoms with Crippen molar-refractivity contribution in [3.05, 3.63) is 28.8 Å². The van der Waals surface area contributed by atoms with Gasteiger partial charge in [0.25, 0.3) is 0 Å². The predicted octanol–water partition coefficient (Wildman–Crippen LogP) is 3.15. The molecule has 0 amide bonds. The molecule has 0 saturated carbocycles. The average molecular weight is 239 g/mol. The number of likely N-dealkylation sites (N-methyl/N-ethyl adjacent to an activating group) is 1. The van der Waals surface area contributed by atoms with Crippen molar-refractivity contribution in [2.75, 3.05) is 25.5 Å². The first-order valence-electron chi connectivity index (χ1n) is 5.87. The summed E-state index contributed by atoms with van der Waals surface area (Å²) in [6, 6.07) is 6.68. The van der Waals surface area contributed by atoms with Crippen LogP contribution >= 0.6 is 11.6 Å². The maximum Gasteiger partial charge on any atom is 0.0410 e. The monoisotopic (exact) mass is 238 g/mol. The number of anilines is 1. The van der Waals surface area contributed by atoms with Gasteiger partial charge in [-0.3, -0.25) is 0 Å². The highest BCUT2D eigenvalue weighted by molar-refractivity contribution is 6.30. The number of benzene rings is 1. The molecular weight excluding hydrogens is 220 g/mol. The number of likely N-dealkylation sites (tertiary alicyclic amines) is 1. The van der Waals surface area contributed by atoms with E-state index in [2.05, 4.69) is 30.3 Å². The second-order valence-corrected chi connectivity index (χ2v) is 5.05. The Morgan fingerprint density at radius 1 is 1.50 bits per heavy atom. The molecule has 1 saturated heterocycles. The normalized spacial score (nSPS) is 21.3. The molecule has 16 heavy (non-hydrogen) atoms. The van der Waals surface area contributed by atoms with Gasteiger partial charge in [0.15, 0.2) is 0 Å². The van der Waals surface area contributed by atoms with Gasteiger partial charge < -0.3 is 10.2 Å². The Balaban J connectivity index is 1.94. The molecule has 1 aliphatic rings. The Morgan fingerprint density at radius 2 is 2.31 bits per heavy atom. The van der Waals surface area contributed by atoms with E-state index >= 15 is 0 Å². The maximum absolute atomic E-state index is 5.93. The van der Waals surface area contributed by atoms with Gasteiger partial charge in [0.1, 0.15) is 0 Å². The van der Waals surface area contributed by atoms with Crippen molar-refractivity contribution in [2.24, 2.45) is 0 Å². The summed E-state index contributed by atoms with van der Waals surface area (Å²) in [6.07, 6.45) is 2.62. The average Bonchev–Trinajstić information content (AvgIpc) is 2.63. The second-order valence-electron chi connectivity index (χ2n) is 4.62. The van der Waals surface area contributed by atoms with E-state index in [0.717, 1.165) is 11.6 Å². The molecule has 3 heteroatoms. The van der Waals surface area contributed by atoms with E-state index in [1.807, 2.05) is 12.1 Å². The van der Waals surface area contributed by atoms with Crippen LogP contribution in [0.25, 0.3) is 0 Å². The molecule has 2 rings (SSSR count). The molecule has 0 spiro atoms. The molecule has 1 aromatic rings. The Hall–Kier alpha value is -0.730. The third-order valence-electron chi connectivity index (χ3n) is 3.39. The molecule has 88 valence electrons. The lowest BCUT2D eigenvalue weighted by Gasteiger charge is -2.21. The van der Waals surface area contributed by atoms with Crippen molar-refractivity contribution in [3.63, 3.8) is 0 Å². The topological polar surface area (TPSA) is 15.3 Å². The molecule has 2 nitrogen and oxygen atoms in total. The van der Waals surface area contributed by atoms with Crippen LogP contribution in [-0.4, -0.2) is 31.1 Å². The third kappa shape index (κ3) is 2.69. The van der Waals surface area contributed by atoms with E-state index < -0.39 is 0 Å². The lowest BCUT2D eigenvalue weighted by molar-refractivity contribution is 0.322. The summed E-state index contributed by atoms with van der Waals surface area (Å²) in [5.74, 6) is 0. The van der Waals surface area contributed by atoms with Gasteiger partial charge in [-0.15, -0.1) is 0 Å². The minimum absolute atomic E-state index is 0.676. The third-order valence-corrected chi connectivity index (χ3v) is 3.62. The number of nitrogens with one attached hydrogen (secondary N) is 1. The zero-order chi connectivity index (χ0) is 11.5. The summed E-state index contributed by atoms with van der Waals surface area (Å²) in [4.78, 5) is 2.43. The van der Waals surface area contributed by atoms with Crippen molar-refractivity contribution in [2.45, 2.75) is 25.8 Å². The Bertz CT molecular complexity index is 365. The quantitative estimate of drug-likeness (QED) is 0.870. The summed E-state index contributed by atoms with van der Waals surface area (Å²) < 4.78 is 0. The lowest BCUT2D eigenvalue weighted by Crippen LogP contribution is -2.31. The van der Waals surface area contributed by atoms with Crippen LogP contribution in [0.4, 0.5) is 5.69 Å². The van der Waals surface area contributed by atoms with Crippen LogP contribution in [0.1, 0.15) is 18.4 Å². The van der Waals surface area contributed by atoms with Crippen molar-refractivity contribution in [1.29, 1.82) is 0 Å². The van der Waals surface area contributed by atoms with Crippen molar-refractivity contribution < 1.29 is 0 Å². The fraction of sp³-hybridized carbons (Fsp3) is 0.538. The largest absolute Gasteiger partial charge is 0.383 e. The fourth-order valence-electron chi connectivity index (χ4n) is 2.29. The van der Waals surface area contributed by atoms with Crippen LogP contribution < -0.4 is 5.32 Å². The van der Waals surface area contributed by atoms with Crippen LogP contribution in [0, 0.1) is 6.92 Å². The fourth-order valence-corrected chi connectivity index (χ4v) is 2.52. The van der Waals surface area contributed by atoms with Gasteiger partial charge in [0.05, 0.1) is 0 Å². The maximum atomic E-state index is 5.93. The zero-order valence-electron chi connectivity index (χ0n) is 9.96. The van der Waals surface area contributed by atoms with Crippen LogP contribution in [0.5, 0.6) is 0 Å². The lowest BCUT2D eigenvalue weighted by atomic mass is 10.1. The number of nitrogens with zero attached hydrogens (tertiary/aromatic N) is 1. The van der Waals surface area contributed by atoms with Gasteiger partial charge in [0, 0.05) is 23.3 Å². The Kier molecular flexibility index (Phi) is 3.72. The number of hydrogen-bond acceptors (Lipinski definition) is 2.